The predicted molar refractivity (Wildman–Crippen MR) is 93.6 cm³/mol. The first kappa shape index (κ1) is 18.2. The van der Waals surface area contributed by atoms with Crippen LogP contribution in [-0.2, 0) is 14.8 Å². The number of primary sulfonamides is 1. The van der Waals surface area contributed by atoms with Gasteiger partial charge in [-0.25, -0.2) is 18.4 Å². The van der Waals surface area contributed by atoms with Crippen molar-refractivity contribution in [2.75, 3.05) is 10.6 Å². The topological polar surface area (TPSA) is 139 Å². The van der Waals surface area contributed by atoms with Crippen LogP contribution in [0, 0.1) is 0 Å². The molecule has 0 aliphatic rings. The summed E-state index contributed by atoms with van der Waals surface area (Å²) in [6, 6.07) is 10.1. The number of carboxylic acid groups (broad SMARTS) is 1. The molecule has 0 radical (unpaired) electrons. The Labute approximate surface area is 144 Å². The molecule has 9 heteroatoms. The Morgan fingerprint density at radius 2 is 1.76 bits per heavy atom. The van der Waals surface area contributed by atoms with E-state index < -0.39 is 16.0 Å². The van der Waals surface area contributed by atoms with Crippen LogP contribution in [0.4, 0.5) is 11.4 Å². The quantitative estimate of drug-likeness (QED) is 0.554. The molecule has 2 aromatic rings. The molecule has 25 heavy (non-hydrogen) atoms. The summed E-state index contributed by atoms with van der Waals surface area (Å²) in [6.07, 6.45) is 3.60. The second-order valence-electron chi connectivity index (χ2n) is 4.92. The van der Waals surface area contributed by atoms with Gasteiger partial charge in [0.2, 0.25) is 16.4 Å². The van der Waals surface area contributed by atoms with Crippen LogP contribution in [-0.4, -0.2) is 25.9 Å². The van der Waals surface area contributed by atoms with Crippen LogP contribution < -0.4 is 15.8 Å². The largest absolute Gasteiger partial charge is 0.478 e. The zero-order chi connectivity index (χ0) is 18.4. The molecule has 0 unspecified atom stereocenters. The number of anilines is 2. The molecule has 0 bridgehead atoms. The average Bonchev–Trinajstić information content (AvgIpc) is 2.56. The Hall–Kier alpha value is -3.17. The highest BCUT2D eigenvalue weighted by atomic mass is 32.2. The maximum Gasteiger partial charge on any atom is 0.335 e. The van der Waals surface area contributed by atoms with Crippen molar-refractivity contribution in [3.8, 4) is 0 Å². The van der Waals surface area contributed by atoms with Crippen molar-refractivity contribution in [2.24, 2.45) is 5.14 Å². The highest BCUT2D eigenvalue weighted by molar-refractivity contribution is 7.89. The number of rotatable bonds is 7. The summed E-state index contributed by atoms with van der Waals surface area (Å²) in [5.74, 6) is -1.08. The summed E-state index contributed by atoms with van der Waals surface area (Å²) in [7, 11) is -3.75. The number of carbonyl (C=O) groups excluding carboxylic acids is 1. The summed E-state index contributed by atoms with van der Waals surface area (Å²) in [5.41, 5.74) is 1.61. The fourth-order valence-corrected chi connectivity index (χ4v) is 2.51. The molecule has 0 heterocycles. The molecule has 0 saturated heterocycles. The first-order chi connectivity index (χ1) is 11.8. The lowest BCUT2D eigenvalue weighted by Crippen LogP contribution is -2.11. The fraction of sp³-hybridized carbons (Fsp3) is 0. The summed E-state index contributed by atoms with van der Waals surface area (Å²) >= 11 is 0. The van der Waals surface area contributed by atoms with E-state index >= 15 is 0 Å². The van der Waals surface area contributed by atoms with E-state index in [-0.39, 0.29) is 10.5 Å². The third-order valence-corrected chi connectivity index (χ3v) is 4.14. The first-order valence-electron chi connectivity index (χ1n) is 6.95. The van der Waals surface area contributed by atoms with Crippen molar-refractivity contribution in [3.05, 3.63) is 59.8 Å². The number of benzene rings is 2. The van der Waals surface area contributed by atoms with Crippen molar-refractivity contribution >= 4 is 39.9 Å². The minimum atomic E-state index is -3.75. The number of hydrogen-bond acceptors (Lipinski definition) is 5. The molecule has 0 saturated carbocycles. The molecule has 8 nitrogen and oxygen atoms in total. The smallest absolute Gasteiger partial charge is 0.335 e. The van der Waals surface area contributed by atoms with Crippen LogP contribution in [0.25, 0.3) is 6.08 Å². The number of hydrogen-bond donors (Lipinski definition) is 4. The van der Waals surface area contributed by atoms with Gasteiger partial charge in [0.05, 0.1) is 10.5 Å². The van der Waals surface area contributed by atoms with Crippen LogP contribution in [0.15, 0.2) is 53.6 Å². The van der Waals surface area contributed by atoms with Gasteiger partial charge in [0, 0.05) is 23.1 Å². The maximum absolute atomic E-state index is 11.2. The Kier molecular flexibility index (Phi) is 5.52. The highest BCUT2D eigenvalue weighted by Crippen LogP contribution is 2.19. The van der Waals surface area contributed by atoms with Gasteiger partial charge in [-0.3, -0.25) is 4.79 Å². The number of sulfonamides is 1. The summed E-state index contributed by atoms with van der Waals surface area (Å²) < 4.78 is 22.4. The van der Waals surface area contributed by atoms with Gasteiger partial charge in [-0.05, 0) is 48.5 Å². The molecule has 0 fully saturated rings. The Bertz CT molecular complexity index is 921. The molecule has 130 valence electrons. The molecule has 0 atom stereocenters. The van der Waals surface area contributed by atoms with Crippen molar-refractivity contribution in [1.82, 2.24) is 0 Å². The van der Waals surface area contributed by atoms with Gasteiger partial charge < -0.3 is 15.7 Å². The number of nitrogens with one attached hydrogen (secondary N) is 2. The molecular weight excluding hydrogens is 346 g/mol. The van der Waals surface area contributed by atoms with E-state index in [1.807, 2.05) is 0 Å². The van der Waals surface area contributed by atoms with Gasteiger partial charge >= 0.3 is 5.97 Å². The van der Waals surface area contributed by atoms with E-state index in [1.165, 1.54) is 48.7 Å². The predicted octanol–water partition coefficient (Wildman–Crippen LogP) is 1.68. The lowest BCUT2D eigenvalue weighted by Gasteiger charge is -2.06. The standard InChI is InChI=1S/C16H15N3O5S/c17-25(23,24)14-4-2-13(3-5-14)18-8-7-11-9-12(16(21)22)1-6-15(11)19-10-20/h1-10,18H,(H,19,20)(H,21,22)(H2,17,23,24)/b8-7+. The number of carboxylic acids is 1. The van der Waals surface area contributed by atoms with Crippen LogP contribution in [0.1, 0.15) is 15.9 Å². The maximum atomic E-state index is 11.2. The number of amides is 1. The zero-order valence-corrected chi connectivity index (χ0v) is 13.7. The van der Waals surface area contributed by atoms with Gasteiger partial charge in [0.1, 0.15) is 0 Å². The average molecular weight is 361 g/mol. The zero-order valence-electron chi connectivity index (χ0n) is 12.8. The molecule has 0 aliphatic carbocycles. The Morgan fingerprint density at radius 1 is 1.08 bits per heavy atom. The van der Waals surface area contributed by atoms with Gasteiger partial charge in [0.15, 0.2) is 0 Å². The normalized spacial score (nSPS) is 11.2. The summed E-state index contributed by atoms with van der Waals surface area (Å²) in [5, 5.41) is 19.4. The van der Waals surface area contributed by atoms with Crippen molar-refractivity contribution in [1.29, 1.82) is 0 Å². The van der Waals surface area contributed by atoms with Gasteiger partial charge in [-0.15, -0.1) is 0 Å². The minimum Gasteiger partial charge on any atom is -0.478 e. The molecule has 2 aromatic carbocycles. The third-order valence-electron chi connectivity index (χ3n) is 3.21. The van der Waals surface area contributed by atoms with E-state index in [9.17, 15) is 18.0 Å². The summed E-state index contributed by atoms with van der Waals surface area (Å²) in [4.78, 5) is 21.7. The molecule has 0 aliphatic heterocycles. The second-order valence-corrected chi connectivity index (χ2v) is 6.48. The fourth-order valence-electron chi connectivity index (χ4n) is 2.00. The Morgan fingerprint density at radius 3 is 2.32 bits per heavy atom. The van der Waals surface area contributed by atoms with Gasteiger partial charge in [-0.1, -0.05) is 0 Å². The van der Waals surface area contributed by atoms with Gasteiger partial charge in [0.25, 0.3) is 0 Å². The second kappa shape index (κ2) is 7.60. The van der Waals surface area contributed by atoms with E-state index in [2.05, 4.69) is 10.6 Å². The van der Waals surface area contributed by atoms with E-state index in [0.29, 0.717) is 23.3 Å². The monoisotopic (exact) mass is 361 g/mol. The van der Waals surface area contributed by atoms with Crippen molar-refractivity contribution in [3.63, 3.8) is 0 Å². The van der Waals surface area contributed by atoms with Crippen molar-refractivity contribution in [2.45, 2.75) is 4.90 Å². The molecule has 0 spiro atoms. The minimum absolute atomic E-state index is 0.00587. The number of nitrogens with two attached hydrogens (primary N) is 1. The van der Waals surface area contributed by atoms with Crippen molar-refractivity contribution < 1.29 is 23.1 Å². The summed E-state index contributed by atoms with van der Waals surface area (Å²) in [6.45, 7) is 0. The van der Waals surface area contributed by atoms with Crippen LogP contribution in [0.5, 0.6) is 0 Å². The molecular formula is C16H15N3O5S. The van der Waals surface area contributed by atoms with E-state index in [0.717, 1.165) is 0 Å². The number of carbonyl (C=O) groups is 2. The van der Waals surface area contributed by atoms with Crippen LogP contribution in [0.2, 0.25) is 0 Å². The van der Waals surface area contributed by atoms with Crippen LogP contribution in [0.3, 0.4) is 0 Å². The first-order valence-corrected chi connectivity index (χ1v) is 8.49. The highest BCUT2D eigenvalue weighted by Gasteiger charge is 2.07. The molecule has 1 amide bonds. The lowest BCUT2D eigenvalue weighted by atomic mass is 10.1. The molecule has 5 N–H and O–H groups in total. The SMILES string of the molecule is NS(=O)(=O)c1ccc(N/C=C/c2cc(C(=O)O)ccc2NC=O)cc1. The van der Waals surface area contributed by atoms with Crippen LogP contribution >= 0.6 is 0 Å². The Balaban J connectivity index is 2.19. The number of aromatic carboxylic acids is 1. The molecule has 0 aromatic heterocycles. The lowest BCUT2D eigenvalue weighted by molar-refractivity contribution is -0.105. The molecule has 2 rings (SSSR count). The van der Waals surface area contributed by atoms with E-state index in [4.69, 9.17) is 10.2 Å². The van der Waals surface area contributed by atoms with E-state index in [1.54, 1.807) is 6.08 Å². The third kappa shape index (κ3) is 4.90. The van der Waals surface area contributed by atoms with Gasteiger partial charge in [-0.2, -0.15) is 0 Å².